The van der Waals surface area contributed by atoms with Gasteiger partial charge in [0.15, 0.2) is 5.96 Å². The first-order valence-electron chi connectivity index (χ1n) is 9.49. The zero-order chi connectivity index (χ0) is 20.4. The first-order valence-corrected chi connectivity index (χ1v) is 9.49. The molecule has 1 atom stereocenters. The number of ether oxygens (including phenoxy) is 1. The molecule has 0 radical (unpaired) electrons. The summed E-state index contributed by atoms with van der Waals surface area (Å²) in [6, 6.07) is 15.9. The zero-order valence-corrected chi connectivity index (χ0v) is 19.8. The third-order valence-electron chi connectivity index (χ3n) is 4.23. The van der Waals surface area contributed by atoms with Gasteiger partial charge in [0.2, 0.25) is 5.91 Å². The van der Waals surface area contributed by atoms with E-state index < -0.39 is 0 Å². The fraction of sp³-hybridized carbons (Fsp3) is 0.364. The number of aliphatic imine (C=N–C) groups is 1. The molecule has 0 saturated heterocycles. The lowest BCUT2D eigenvalue weighted by molar-refractivity contribution is -0.114. The van der Waals surface area contributed by atoms with Crippen molar-refractivity contribution in [1.29, 1.82) is 0 Å². The Kier molecular flexibility index (Phi) is 11.1. The van der Waals surface area contributed by atoms with Crippen LogP contribution in [0.2, 0.25) is 0 Å². The number of aryl methyl sites for hydroxylation is 1. The van der Waals surface area contributed by atoms with Gasteiger partial charge in [-0.3, -0.25) is 9.79 Å². The van der Waals surface area contributed by atoms with E-state index in [-0.39, 0.29) is 29.9 Å². The van der Waals surface area contributed by atoms with Crippen LogP contribution in [0.5, 0.6) is 5.75 Å². The van der Waals surface area contributed by atoms with Gasteiger partial charge in [0.25, 0.3) is 0 Å². The molecule has 3 N–H and O–H groups in total. The van der Waals surface area contributed by atoms with Crippen LogP contribution in [-0.2, 0) is 4.79 Å². The number of amides is 1. The van der Waals surface area contributed by atoms with Crippen LogP contribution in [0.3, 0.4) is 0 Å². The molecule has 0 bridgehead atoms. The summed E-state index contributed by atoms with van der Waals surface area (Å²) in [5.74, 6) is 1.74. The zero-order valence-electron chi connectivity index (χ0n) is 17.5. The Morgan fingerprint density at radius 2 is 1.90 bits per heavy atom. The van der Waals surface area contributed by atoms with Gasteiger partial charge in [0.05, 0.1) is 6.54 Å². The Morgan fingerprint density at radius 3 is 2.59 bits per heavy atom. The lowest BCUT2D eigenvalue weighted by atomic mass is 9.99. The Balaban J connectivity index is 0.00000420. The number of carbonyl (C=O) groups excluding carboxylic acids is 1. The number of halogens is 1. The topological polar surface area (TPSA) is 74.8 Å². The molecule has 2 rings (SSSR count). The monoisotopic (exact) mass is 510 g/mol. The average molecular weight is 510 g/mol. The molecule has 1 unspecified atom stereocenters. The maximum Gasteiger partial charge on any atom is 0.221 e. The molecule has 0 fully saturated rings. The number of guanidine groups is 1. The number of rotatable bonds is 8. The van der Waals surface area contributed by atoms with Crippen molar-refractivity contribution in [2.45, 2.75) is 26.7 Å². The molecule has 0 heterocycles. The molecule has 29 heavy (non-hydrogen) atoms. The number of anilines is 1. The summed E-state index contributed by atoms with van der Waals surface area (Å²) in [4.78, 5) is 15.4. The van der Waals surface area contributed by atoms with E-state index in [0.29, 0.717) is 24.8 Å². The van der Waals surface area contributed by atoms with E-state index in [1.807, 2.05) is 18.2 Å². The molecule has 2 aromatic rings. The number of benzene rings is 2. The van der Waals surface area contributed by atoms with E-state index in [4.69, 9.17) is 4.74 Å². The molecular formula is C22H31IN4O2. The van der Waals surface area contributed by atoms with Crippen LogP contribution in [0.4, 0.5) is 5.69 Å². The van der Waals surface area contributed by atoms with Crippen LogP contribution >= 0.6 is 24.0 Å². The van der Waals surface area contributed by atoms with Crippen molar-refractivity contribution in [3.05, 3.63) is 59.7 Å². The highest BCUT2D eigenvalue weighted by atomic mass is 127. The summed E-state index contributed by atoms with van der Waals surface area (Å²) in [6.45, 7) is 7.68. The van der Waals surface area contributed by atoms with E-state index in [0.717, 1.165) is 18.2 Å². The van der Waals surface area contributed by atoms with Crippen molar-refractivity contribution >= 4 is 41.5 Å². The standard InChI is InChI=1S/C22H30N4O2.HI/c1-16-7-5-8-19(13-16)17(2)15-25-22(23-4)24-11-12-28-21-10-6-9-20(14-21)26-18(3)27;/h5-10,13-14,17H,11-12,15H2,1-4H3,(H,26,27)(H2,23,24,25);1H. The predicted molar refractivity (Wildman–Crippen MR) is 131 cm³/mol. The van der Waals surface area contributed by atoms with Gasteiger partial charge in [-0.25, -0.2) is 0 Å². The van der Waals surface area contributed by atoms with Crippen LogP contribution in [0.25, 0.3) is 0 Å². The third-order valence-corrected chi connectivity index (χ3v) is 4.23. The Hall–Kier alpha value is -2.29. The predicted octanol–water partition coefficient (Wildman–Crippen LogP) is 3.92. The molecule has 0 spiro atoms. The van der Waals surface area contributed by atoms with Crippen molar-refractivity contribution in [2.75, 3.05) is 32.1 Å². The summed E-state index contributed by atoms with van der Waals surface area (Å²) >= 11 is 0. The molecular weight excluding hydrogens is 479 g/mol. The first kappa shape index (κ1) is 24.7. The maximum atomic E-state index is 11.1. The van der Waals surface area contributed by atoms with Gasteiger partial charge in [-0.2, -0.15) is 0 Å². The van der Waals surface area contributed by atoms with Crippen molar-refractivity contribution in [3.63, 3.8) is 0 Å². The summed E-state index contributed by atoms with van der Waals surface area (Å²) in [5, 5.41) is 9.34. The van der Waals surface area contributed by atoms with Crippen LogP contribution in [0.15, 0.2) is 53.5 Å². The van der Waals surface area contributed by atoms with Gasteiger partial charge in [0, 0.05) is 32.3 Å². The van der Waals surface area contributed by atoms with Crippen molar-refractivity contribution < 1.29 is 9.53 Å². The average Bonchev–Trinajstić information content (AvgIpc) is 2.67. The van der Waals surface area contributed by atoms with E-state index in [1.54, 1.807) is 13.1 Å². The second-order valence-corrected chi connectivity index (χ2v) is 6.75. The summed E-state index contributed by atoms with van der Waals surface area (Å²) in [5.41, 5.74) is 3.30. The van der Waals surface area contributed by atoms with Gasteiger partial charge in [-0.05, 0) is 30.5 Å². The van der Waals surface area contributed by atoms with Crippen LogP contribution in [0, 0.1) is 6.92 Å². The molecule has 0 aliphatic carbocycles. The summed E-state index contributed by atoms with van der Waals surface area (Å²) in [6.07, 6.45) is 0. The number of nitrogens with zero attached hydrogens (tertiary/aromatic N) is 1. The van der Waals surface area contributed by atoms with Crippen molar-refractivity contribution in [2.24, 2.45) is 4.99 Å². The van der Waals surface area contributed by atoms with E-state index >= 15 is 0 Å². The molecule has 0 saturated carbocycles. The molecule has 0 aliphatic rings. The fourth-order valence-corrected chi connectivity index (χ4v) is 2.77. The largest absolute Gasteiger partial charge is 0.492 e. The van der Waals surface area contributed by atoms with Gasteiger partial charge < -0.3 is 20.7 Å². The molecule has 1 amide bonds. The normalized spacial score (nSPS) is 11.8. The molecule has 7 heteroatoms. The van der Waals surface area contributed by atoms with Gasteiger partial charge in [-0.1, -0.05) is 42.8 Å². The van der Waals surface area contributed by atoms with Crippen LogP contribution in [-0.4, -0.2) is 38.6 Å². The Morgan fingerprint density at radius 1 is 1.14 bits per heavy atom. The third kappa shape index (κ3) is 9.17. The highest BCUT2D eigenvalue weighted by Gasteiger charge is 2.07. The van der Waals surface area contributed by atoms with E-state index in [2.05, 4.69) is 59.1 Å². The SMILES string of the molecule is CN=C(NCCOc1cccc(NC(C)=O)c1)NCC(C)c1cccc(C)c1.I. The smallest absolute Gasteiger partial charge is 0.221 e. The second-order valence-electron chi connectivity index (χ2n) is 6.75. The molecule has 0 aliphatic heterocycles. The number of nitrogens with one attached hydrogen (secondary N) is 3. The molecule has 0 aromatic heterocycles. The second kappa shape index (κ2) is 13.0. The van der Waals surface area contributed by atoms with Gasteiger partial charge >= 0.3 is 0 Å². The van der Waals surface area contributed by atoms with Gasteiger partial charge in [-0.15, -0.1) is 24.0 Å². The fourth-order valence-electron chi connectivity index (χ4n) is 2.77. The lowest BCUT2D eigenvalue weighted by Crippen LogP contribution is -2.40. The minimum absolute atomic E-state index is 0. The number of hydrogen-bond donors (Lipinski definition) is 3. The minimum Gasteiger partial charge on any atom is -0.492 e. The molecule has 6 nitrogen and oxygen atoms in total. The number of hydrogen-bond acceptors (Lipinski definition) is 3. The first-order chi connectivity index (χ1) is 13.5. The summed E-state index contributed by atoms with van der Waals surface area (Å²) in [7, 11) is 1.75. The van der Waals surface area contributed by atoms with Crippen LogP contribution in [0.1, 0.15) is 30.9 Å². The molecule has 2 aromatic carbocycles. The lowest BCUT2D eigenvalue weighted by Gasteiger charge is -2.17. The maximum absolute atomic E-state index is 11.1. The molecule has 158 valence electrons. The van der Waals surface area contributed by atoms with Crippen molar-refractivity contribution in [3.8, 4) is 5.75 Å². The number of carbonyl (C=O) groups is 1. The van der Waals surface area contributed by atoms with E-state index in [1.165, 1.54) is 18.1 Å². The van der Waals surface area contributed by atoms with Gasteiger partial charge in [0.1, 0.15) is 12.4 Å². The van der Waals surface area contributed by atoms with Crippen molar-refractivity contribution in [1.82, 2.24) is 10.6 Å². The highest BCUT2D eigenvalue weighted by molar-refractivity contribution is 14.0. The quantitative estimate of drug-likeness (QED) is 0.218. The van der Waals surface area contributed by atoms with Crippen LogP contribution < -0.4 is 20.7 Å². The minimum atomic E-state index is -0.103. The Labute approximate surface area is 190 Å². The van der Waals surface area contributed by atoms with E-state index in [9.17, 15) is 4.79 Å². The Bertz CT molecular complexity index is 811. The highest BCUT2D eigenvalue weighted by Crippen LogP contribution is 2.17. The summed E-state index contributed by atoms with van der Waals surface area (Å²) < 4.78 is 5.73.